The molecular formula is C13H16N2O2. The lowest BCUT2D eigenvalue weighted by Gasteiger charge is -2.05. The fraction of sp³-hybridized carbons (Fsp3) is 0.308. The Bertz CT molecular complexity index is 463. The molecule has 90 valence electrons. The highest BCUT2D eigenvalue weighted by Crippen LogP contribution is 2.25. The molecule has 0 aliphatic heterocycles. The van der Waals surface area contributed by atoms with Gasteiger partial charge in [-0.15, -0.1) is 0 Å². The van der Waals surface area contributed by atoms with Gasteiger partial charge in [-0.3, -0.25) is 0 Å². The summed E-state index contributed by atoms with van der Waals surface area (Å²) in [4.78, 5) is 0. The average molecular weight is 232 g/mol. The minimum absolute atomic E-state index is 0.424. The van der Waals surface area contributed by atoms with Crippen LogP contribution in [-0.4, -0.2) is 11.8 Å². The highest BCUT2D eigenvalue weighted by atomic mass is 16.5. The molecule has 4 heteroatoms. The number of nitrogens with zero attached hydrogens (tertiary/aromatic N) is 1. The molecule has 0 radical (unpaired) electrons. The average Bonchev–Trinajstić information content (AvgIpc) is 2.85. The van der Waals surface area contributed by atoms with Crippen molar-refractivity contribution in [2.45, 2.75) is 19.9 Å². The molecule has 2 aromatic rings. The predicted molar refractivity (Wildman–Crippen MR) is 65.6 cm³/mol. The third kappa shape index (κ3) is 2.65. The highest BCUT2D eigenvalue weighted by Gasteiger charge is 2.09. The molecule has 0 saturated carbocycles. The summed E-state index contributed by atoms with van der Waals surface area (Å²) in [5, 5.41) is 3.76. The van der Waals surface area contributed by atoms with Crippen LogP contribution in [0.5, 0.6) is 5.75 Å². The molecule has 0 spiro atoms. The van der Waals surface area contributed by atoms with E-state index in [9.17, 15) is 0 Å². The van der Waals surface area contributed by atoms with Crippen molar-refractivity contribution in [2.75, 3.05) is 6.61 Å². The van der Waals surface area contributed by atoms with Gasteiger partial charge in [0.2, 0.25) is 0 Å². The van der Waals surface area contributed by atoms with Gasteiger partial charge in [0, 0.05) is 17.7 Å². The molecule has 2 N–H and O–H groups in total. The molecule has 0 atom stereocenters. The molecule has 0 fully saturated rings. The third-order valence-corrected chi connectivity index (χ3v) is 2.45. The van der Waals surface area contributed by atoms with Crippen LogP contribution in [0.1, 0.15) is 18.9 Å². The number of hydrogen-bond donors (Lipinski definition) is 1. The minimum Gasteiger partial charge on any atom is -0.494 e. The van der Waals surface area contributed by atoms with E-state index in [4.69, 9.17) is 15.0 Å². The molecule has 0 unspecified atom stereocenters. The first kappa shape index (κ1) is 11.7. The molecular weight excluding hydrogens is 216 g/mol. The van der Waals surface area contributed by atoms with Crippen molar-refractivity contribution in [3.63, 3.8) is 0 Å². The third-order valence-electron chi connectivity index (χ3n) is 2.45. The van der Waals surface area contributed by atoms with E-state index < -0.39 is 0 Å². The Kier molecular flexibility index (Phi) is 3.77. The van der Waals surface area contributed by atoms with Gasteiger partial charge in [-0.05, 0) is 30.7 Å². The maximum Gasteiger partial charge on any atom is 0.171 e. The van der Waals surface area contributed by atoms with E-state index in [1.165, 1.54) is 0 Å². The predicted octanol–water partition coefficient (Wildman–Crippen LogP) is 2.59. The fourth-order valence-corrected chi connectivity index (χ4v) is 1.57. The SMILES string of the molecule is CCCOc1ccc(-c2oncc2CN)cc1. The van der Waals surface area contributed by atoms with E-state index in [1.54, 1.807) is 6.20 Å². The zero-order valence-corrected chi connectivity index (χ0v) is 9.85. The molecule has 0 saturated heterocycles. The van der Waals surface area contributed by atoms with Crippen molar-refractivity contribution in [1.82, 2.24) is 5.16 Å². The van der Waals surface area contributed by atoms with Crippen LogP contribution in [0, 0.1) is 0 Å². The number of hydrogen-bond acceptors (Lipinski definition) is 4. The van der Waals surface area contributed by atoms with E-state index in [-0.39, 0.29) is 0 Å². The summed E-state index contributed by atoms with van der Waals surface area (Å²) in [7, 11) is 0. The van der Waals surface area contributed by atoms with Crippen molar-refractivity contribution in [2.24, 2.45) is 5.73 Å². The van der Waals surface area contributed by atoms with Crippen molar-refractivity contribution < 1.29 is 9.26 Å². The van der Waals surface area contributed by atoms with E-state index in [2.05, 4.69) is 12.1 Å². The van der Waals surface area contributed by atoms with Gasteiger partial charge in [-0.2, -0.15) is 0 Å². The minimum atomic E-state index is 0.424. The molecule has 1 heterocycles. The monoisotopic (exact) mass is 232 g/mol. The van der Waals surface area contributed by atoms with E-state index in [0.29, 0.717) is 6.54 Å². The lowest BCUT2D eigenvalue weighted by atomic mass is 10.1. The molecule has 4 nitrogen and oxygen atoms in total. The molecule has 0 aliphatic rings. The topological polar surface area (TPSA) is 61.3 Å². The maximum absolute atomic E-state index is 5.60. The highest BCUT2D eigenvalue weighted by molar-refractivity contribution is 5.61. The Morgan fingerprint density at radius 2 is 2.06 bits per heavy atom. The lowest BCUT2D eigenvalue weighted by molar-refractivity contribution is 0.317. The van der Waals surface area contributed by atoms with Crippen LogP contribution in [0.15, 0.2) is 35.0 Å². The van der Waals surface area contributed by atoms with Gasteiger partial charge in [-0.1, -0.05) is 12.1 Å². The second-order valence-electron chi connectivity index (χ2n) is 3.76. The van der Waals surface area contributed by atoms with Gasteiger partial charge in [0.05, 0.1) is 12.8 Å². The zero-order valence-electron chi connectivity index (χ0n) is 9.85. The zero-order chi connectivity index (χ0) is 12.1. The largest absolute Gasteiger partial charge is 0.494 e. The van der Waals surface area contributed by atoms with Crippen molar-refractivity contribution >= 4 is 0 Å². The normalized spacial score (nSPS) is 10.5. The summed E-state index contributed by atoms with van der Waals surface area (Å²) in [5.74, 6) is 1.60. The molecule has 0 aliphatic carbocycles. The number of rotatable bonds is 5. The molecule has 17 heavy (non-hydrogen) atoms. The van der Waals surface area contributed by atoms with Crippen LogP contribution < -0.4 is 10.5 Å². The number of benzene rings is 1. The van der Waals surface area contributed by atoms with Crippen LogP contribution in [0.4, 0.5) is 0 Å². The first-order valence-electron chi connectivity index (χ1n) is 5.72. The number of ether oxygens (including phenoxy) is 1. The molecule has 1 aromatic heterocycles. The Labute approximate surface area is 100 Å². The second-order valence-corrected chi connectivity index (χ2v) is 3.76. The molecule has 2 rings (SSSR count). The number of aromatic nitrogens is 1. The maximum atomic E-state index is 5.60. The van der Waals surface area contributed by atoms with Gasteiger partial charge < -0.3 is 15.0 Å². The van der Waals surface area contributed by atoms with Crippen molar-refractivity contribution in [1.29, 1.82) is 0 Å². The summed E-state index contributed by atoms with van der Waals surface area (Å²) in [5.41, 5.74) is 7.48. The van der Waals surface area contributed by atoms with Gasteiger partial charge in [0.25, 0.3) is 0 Å². The van der Waals surface area contributed by atoms with E-state index in [0.717, 1.165) is 35.7 Å². The second kappa shape index (κ2) is 5.50. The van der Waals surface area contributed by atoms with Crippen LogP contribution in [-0.2, 0) is 6.54 Å². The van der Waals surface area contributed by atoms with Gasteiger partial charge in [0.15, 0.2) is 5.76 Å². The molecule has 0 bridgehead atoms. The smallest absolute Gasteiger partial charge is 0.171 e. The van der Waals surface area contributed by atoms with Crippen molar-refractivity contribution in [3.05, 3.63) is 36.0 Å². The first-order chi connectivity index (χ1) is 8.35. The standard InChI is InChI=1S/C13H16N2O2/c1-2-7-16-12-5-3-10(4-6-12)13-11(8-14)9-15-17-13/h3-6,9H,2,7-8,14H2,1H3. The summed E-state index contributed by atoms with van der Waals surface area (Å²) in [6.45, 7) is 3.24. The van der Waals surface area contributed by atoms with Crippen LogP contribution in [0.25, 0.3) is 11.3 Å². The quantitative estimate of drug-likeness (QED) is 0.860. The van der Waals surface area contributed by atoms with E-state index in [1.807, 2.05) is 24.3 Å². The van der Waals surface area contributed by atoms with Crippen LogP contribution in [0.2, 0.25) is 0 Å². The Morgan fingerprint density at radius 3 is 2.71 bits per heavy atom. The Hall–Kier alpha value is -1.81. The van der Waals surface area contributed by atoms with Crippen molar-refractivity contribution in [3.8, 4) is 17.1 Å². The van der Waals surface area contributed by atoms with Gasteiger partial charge >= 0.3 is 0 Å². The van der Waals surface area contributed by atoms with Gasteiger partial charge in [-0.25, -0.2) is 0 Å². The number of nitrogens with two attached hydrogens (primary N) is 1. The summed E-state index contributed by atoms with van der Waals surface area (Å²) >= 11 is 0. The fourth-order valence-electron chi connectivity index (χ4n) is 1.57. The lowest BCUT2D eigenvalue weighted by Crippen LogP contribution is -1.96. The van der Waals surface area contributed by atoms with Gasteiger partial charge in [0.1, 0.15) is 5.75 Å². The van der Waals surface area contributed by atoms with Crippen LogP contribution >= 0.6 is 0 Å². The van der Waals surface area contributed by atoms with E-state index >= 15 is 0 Å². The Morgan fingerprint density at radius 1 is 1.29 bits per heavy atom. The van der Waals surface area contributed by atoms with Crippen LogP contribution in [0.3, 0.4) is 0 Å². The summed E-state index contributed by atoms with van der Waals surface area (Å²) < 4.78 is 10.7. The first-order valence-corrected chi connectivity index (χ1v) is 5.72. The summed E-state index contributed by atoms with van der Waals surface area (Å²) in [6.07, 6.45) is 2.65. The molecule has 1 aromatic carbocycles. The Balaban J connectivity index is 2.17. The molecule has 0 amide bonds. The summed E-state index contributed by atoms with van der Waals surface area (Å²) in [6, 6.07) is 7.75.